The Morgan fingerprint density at radius 2 is 1.93 bits per heavy atom. The van der Waals surface area contributed by atoms with Crippen LogP contribution in [0.1, 0.15) is 26.7 Å². The maximum absolute atomic E-state index is 9.01. The Balaban J connectivity index is 2.28. The zero-order valence-electron chi connectivity index (χ0n) is 9.62. The summed E-state index contributed by atoms with van der Waals surface area (Å²) in [6.45, 7) is 7.76. The number of aliphatic hydroxyl groups is 1. The molecular weight excluding hydrogens is 178 g/mol. The molecule has 0 amide bonds. The van der Waals surface area contributed by atoms with Crippen LogP contribution in [0.25, 0.3) is 0 Å². The molecule has 1 saturated heterocycles. The van der Waals surface area contributed by atoms with Gasteiger partial charge in [-0.05, 0) is 45.7 Å². The SMILES string of the molecule is COC(C)(C)CN1CCC(CO)CC1. The van der Waals surface area contributed by atoms with Gasteiger partial charge in [0.25, 0.3) is 0 Å². The smallest absolute Gasteiger partial charge is 0.0749 e. The maximum atomic E-state index is 9.01. The molecule has 14 heavy (non-hydrogen) atoms. The molecule has 3 nitrogen and oxygen atoms in total. The summed E-state index contributed by atoms with van der Waals surface area (Å²) < 4.78 is 5.40. The molecule has 1 aliphatic rings. The quantitative estimate of drug-likeness (QED) is 0.739. The van der Waals surface area contributed by atoms with Crippen LogP contribution >= 0.6 is 0 Å². The van der Waals surface area contributed by atoms with Crippen LogP contribution < -0.4 is 0 Å². The van der Waals surface area contributed by atoms with Gasteiger partial charge in [0.15, 0.2) is 0 Å². The van der Waals surface area contributed by atoms with E-state index < -0.39 is 0 Å². The van der Waals surface area contributed by atoms with E-state index in [4.69, 9.17) is 9.84 Å². The predicted molar refractivity (Wildman–Crippen MR) is 57.3 cm³/mol. The number of ether oxygens (including phenoxy) is 1. The Bertz CT molecular complexity index is 163. The van der Waals surface area contributed by atoms with Crippen molar-refractivity contribution in [1.82, 2.24) is 4.90 Å². The third kappa shape index (κ3) is 3.56. The van der Waals surface area contributed by atoms with E-state index in [9.17, 15) is 0 Å². The maximum Gasteiger partial charge on any atom is 0.0749 e. The molecule has 0 aromatic rings. The fraction of sp³-hybridized carbons (Fsp3) is 1.00. The van der Waals surface area contributed by atoms with Crippen molar-refractivity contribution in [1.29, 1.82) is 0 Å². The average molecular weight is 201 g/mol. The van der Waals surface area contributed by atoms with Crippen molar-refractivity contribution >= 4 is 0 Å². The van der Waals surface area contributed by atoms with Gasteiger partial charge in [0.1, 0.15) is 0 Å². The number of hydrogen-bond donors (Lipinski definition) is 1. The molecule has 0 spiro atoms. The molecule has 0 radical (unpaired) electrons. The number of likely N-dealkylation sites (tertiary alicyclic amines) is 1. The van der Waals surface area contributed by atoms with Gasteiger partial charge in [-0.3, -0.25) is 0 Å². The molecule has 1 heterocycles. The molecule has 1 N–H and O–H groups in total. The molecule has 0 bridgehead atoms. The van der Waals surface area contributed by atoms with Crippen molar-refractivity contribution in [2.45, 2.75) is 32.3 Å². The van der Waals surface area contributed by atoms with Crippen molar-refractivity contribution in [3.8, 4) is 0 Å². The summed E-state index contributed by atoms with van der Waals surface area (Å²) in [5.74, 6) is 0.525. The van der Waals surface area contributed by atoms with E-state index >= 15 is 0 Å². The van der Waals surface area contributed by atoms with E-state index in [2.05, 4.69) is 18.7 Å². The second kappa shape index (κ2) is 5.10. The van der Waals surface area contributed by atoms with Crippen molar-refractivity contribution < 1.29 is 9.84 Å². The van der Waals surface area contributed by atoms with Gasteiger partial charge in [-0.25, -0.2) is 0 Å². The van der Waals surface area contributed by atoms with Crippen LogP contribution in [-0.2, 0) is 4.74 Å². The lowest BCUT2D eigenvalue weighted by Gasteiger charge is -2.36. The normalized spacial score (nSPS) is 21.4. The number of methoxy groups -OCH3 is 1. The number of rotatable bonds is 4. The minimum Gasteiger partial charge on any atom is -0.396 e. The minimum absolute atomic E-state index is 0.0496. The minimum atomic E-state index is -0.0496. The summed E-state index contributed by atoms with van der Waals surface area (Å²) in [6, 6.07) is 0. The second-order valence-corrected chi connectivity index (χ2v) is 4.87. The van der Waals surface area contributed by atoms with Crippen molar-refractivity contribution in [2.75, 3.05) is 33.4 Å². The van der Waals surface area contributed by atoms with Crippen molar-refractivity contribution in [3.63, 3.8) is 0 Å². The zero-order chi connectivity index (χ0) is 10.6. The molecule has 0 atom stereocenters. The Kier molecular flexibility index (Phi) is 4.35. The van der Waals surface area contributed by atoms with Gasteiger partial charge in [-0.2, -0.15) is 0 Å². The van der Waals surface area contributed by atoms with Crippen LogP contribution in [0.4, 0.5) is 0 Å². The Labute approximate surface area is 87.1 Å². The zero-order valence-corrected chi connectivity index (χ0v) is 9.62. The molecule has 84 valence electrons. The van der Waals surface area contributed by atoms with Crippen LogP contribution in [0.15, 0.2) is 0 Å². The van der Waals surface area contributed by atoms with Gasteiger partial charge in [-0.1, -0.05) is 0 Å². The summed E-state index contributed by atoms with van der Waals surface area (Å²) in [4.78, 5) is 2.43. The van der Waals surface area contributed by atoms with E-state index in [-0.39, 0.29) is 5.60 Å². The second-order valence-electron chi connectivity index (χ2n) is 4.87. The van der Waals surface area contributed by atoms with Crippen LogP contribution in [0.5, 0.6) is 0 Å². The van der Waals surface area contributed by atoms with Gasteiger partial charge in [0, 0.05) is 20.3 Å². The highest BCUT2D eigenvalue weighted by molar-refractivity contribution is 4.78. The fourth-order valence-electron chi connectivity index (χ4n) is 1.93. The highest BCUT2D eigenvalue weighted by atomic mass is 16.5. The van der Waals surface area contributed by atoms with Crippen LogP contribution in [-0.4, -0.2) is 49.0 Å². The number of hydrogen-bond acceptors (Lipinski definition) is 3. The van der Waals surface area contributed by atoms with Gasteiger partial charge < -0.3 is 14.7 Å². The predicted octanol–water partition coefficient (Wildman–Crippen LogP) is 1.12. The van der Waals surface area contributed by atoms with Crippen LogP contribution in [0.3, 0.4) is 0 Å². The van der Waals surface area contributed by atoms with Crippen molar-refractivity contribution in [2.24, 2.45) is 5.92 Å². The summed E-state index contributed by atoms with van der Waals surface area (Å²) in [7, 11) is 1.76. The van der Waals surface area contributed by atoms with Crippen LogP contribution in [0.2, 0.25) is 0 Å². The van der Waals surface area contributed by atoms with E-state index in [1.165, 1.54) is 0 Å². The molecule has 1 rings (SSSR count). The average Bonchev–Trinajstić information content (AvgIpc) is 2.19. The fourth-order valence-corrected chi connectivity index (χ4v) is 1.93. The molecular formula is C11H23NO2. The number of piperidine rings is 1. The Hall–Kier alpha value is -0.120. The largest absolute Gasteiger partial charge is 0.396 e. The first kappa shape index (κ1) is 12.0. The highest BCUT2D eigenvalue weighted by Crippen LogP contribution is 2.19. The number of nitrogens with zero attached hydrogens (tertiary/aromatic N) is 1. The third-order valence-corrected chi connectivity index (χ3v) is 3.12. The molecule has 0 unspecified atom stereocenters. The molecule has 0 aromatic carbocycles. The topological polar surface area (TPSA) is 32.7 Å². The van der Waals surface area contributed by atoms with Gasteiger partial charge in [0.05, 0.1) is 5.60 Å². The lowest BCUT2D eigenvalue weighted by Crippen LogP contribution is -2.44. The highest BCUT2D eigenvalue weighted by Gasteiger charge is 2.24. The van der Waals surface area contributed by atoms with E-state index in [0.29, 0.717) is 12.5 Å². The Morgan fingerprint density at radius 3 is 2.36 bits per heavy atom. The molecule has 0 aliphatic carbocycles. The van der Waals surface area contributed by atoms with Crippen LogP contribution in [0, 0.1) is 5.92 Å². The molecule has 1 fully saturated rings. The monoisotopic (exact) mass is 201 g/mol. The van der Waals surface area contributed by atoms with Gasteiger partial charge in [0.2, 0.25) is 0 Å². The summed E-state index contributed by atoms with van der Waals surface area (Å²) in [6.07, 6.45) is 2.24. The first-order valence-electron chi connectivity index (χ1n) is 5.46. The van der Waals surface area contributed by atoms with Gasteiger partial charge in [-0.15, -0.1) is 0 Å². The van der Waals surface area contributed by atoms with Crippen molar-refractivity contribution in [3.05, 3.63) is 0 Å². The molecule has 3 heteroatoms. The van der Waals surface area contributed by atoms with E-state index in [1.807, 2.05) is 0 Å². The first-order chi connectivity index (χ1) is 6.57. The summed E-state index contributed by atoms with van der Waals surface area (Å²) in [5.41, 5.74) is -0.0496. The Morgan fingerprint density at radius 1 is 1.36 bits per heavy atom. The molecule has 1 aliphatic heterocycles. The number of aliphatic hydroxyl groups excluding tert-OH is 1. The van der Waals surface area contributed by atoms with E-state index in [1.54, 1.807) is 7.11 Å². The third-order valence-electron chi connectivity index (χ3n) is 3.12. The molecule has 0 aromatic heterocycles. The lowest BCUT2D eigenvalue weighted by molar-refractivity contribution is -0.0166. The first-order valence-corrected chi connectivity index (χ1v) is 5.46. The standard InChI is InChI=1S/C11H23NO2/c1-11(2,14-3)9-12-6-4-10(8-13)5-7-12/h10,13H,4-9H2,1-3H3. The summed E-state index contributed by atoms with van der Waals surface area (Å²) >= 11 is 0. The summed E-state index contributed by atoms with van der Waals surface area (Å²) in [5, 5.41) is 9.01. The van der Waals surface area contributed by atoms with E-state index in [0.717, 1.165) is 32.5 Å². The van der Waals surface area contributed by atoms with Gasteiger partial charge >= 0.3 is 0 Å². The lowest BCUT2D eigenvalue weighted by atomic mass is 9.96. The molecule has 0 saturated carbocycles.